The molecule has 17 heavy (non-hydrogen) atoms. The fraction of sp³-hybridized carbons (Fsp3) is 0.929. The van der Waals surface area contributed by atoms with Crippen LogP contribution in [0.25, 0.3) is 0 Å². The van der Waals surface area contributed by atoms with Gasteiger partial charge in [-0.25, -0.2) is 0 Å². The minimum Gasteiger partial charge on any atom is -0.330 e. The molecule has 0 radical (unpaired) electrons. The molecular formula is C14H30N2O. The van der Waals surface area contributed by atoms with Crippen LogP contribution in [0.3, 0.4) is 0 Å². The second kappa shape index (κ2) is 10.7. The Hall–Kier alpha value is -0.410. The van der Waals surface area contributed by atoms with Crippen LogP contribution in [0, 0.1) is 5.92 Å². The number of hydrogen-bond acceptors (Lipinski definition) is 3. The van der Waals surface area contributed by atoms with Crippen LogP contribution in [0.4, 0.5) is 0 Å². The van der Waals surface area contributed by atoms with Crippen molar-refractivity contribution in [2.75, 3.05) is 6.54 Å². The molecule has 102 valence electrons. The zero-order valence-electron chi connectivity index (χ0n) is 11.6. The van der Waals surface area contributed by atoms with E-state index >= 15 is 0 Å². The first-order valence-electron chi connectivity index (χ1n) is 7.12. The average molecular weight is 242 g/mol. The van der Waals surface area contributed by atoms with E-state index in [9.17, 15) is 4.79 Å². The van der Waals surface area contributed by atoms with Gasteiger partial charge in [0.15, 0.2) is 5.78 Å². The number of ketones is 1. The van der Waals surface area contributed by atoms with Gasteiger partial charge < -0.3 is 11.5 Å². The molecule has 0 aromatic heterocycles. The number of Topliss-reactive ketones (excluding diaryl/α,β-unsaturated/α-hetero) is 1. The third-order valence-electron chi connectivity index (χ3n) is 3.31. The Balaban J connectivity index is 3.70. The molecule has 3 nitrogen and oxygen atoms in total. The van der Waals surface area contributed by atoms with Gasteiger partial charge in [0.2, 0.25) is 0 Å². The number of nitrogens with two attached hydrogens (primary N) is 2. The van der Waals surface area contributed by atoms with Crippen molar-refractivity contribution in [1.29, 1.82) is 0 Å². The average Bonchev–Trinajstić information content (AvgIpc) is 2.33. The number of unbranched alkanes of at least 4 members (excludes halogenated alkanes) is 4. The SMILES string of the molecule is CCCCCCC(C)C(=O)[C@@H](N)CCCCN. The summed E-state index contributed by atoms with van der Waals surface area (Å²) in [5.41, 5.74) is 11.3. The van der Waals surface area contributed by atoms with Crippen molar-refractivity contribution < 1.29 is 4.79 Å². The van der Waals surface area contributed by atoms with Crippen molar-refractivity contribution >= 4 is 5.78 Å². The maximum absolute atomic E-state index is 11.9. The molecule has 0 saturated heterocycles. The molecule has 0 heterocycles. The topological polar surface area (TPSA) is 69.1 Å². The number of rotatable bonds is 11. The largest absolute Gasteiger partial charge is 0.330 e. The van der Waals surface area contributed by atoms with Crippen LogP contribution < -0.4 is 11.5 Å². The van der Waals surface area contributed by atoms with Gasteiger partial charge in [-0.05, 0) is 25.8 Å². The Morgan fingerprint density at radius 1 is 1.06 bits per heavy atom. The minimum atomic E-state index is -0.275. The summed E-state index contributed by atoms with van der Waals surface area (Å²) in [4.78, 5) is 11.9. The molecule has 0 aliphatic rings. The molecule has 2 atom stereocenters. The fourth-order valence-electron chi connectivity index (χ4n) is 2.04. The van der Waals surface area contributed by atoms with E-state index in [0.717, 1.165) is 32.1 Å². The van der Waals surface area contributed by atoms with E-state index in [1.165, 1.54) is 19.3 Å². The van der Waals surface area contributed by atoms with Crippen LogP contribution in [0.15, 0.2) is 0 Å². The number of hydrogen-bond donors (Lipinski definition) is 2. The summed E-state index contributed by atoms with van der Waals surface area (Å²) in [6, 6.07) is -0.275. The lowest BCUT2D eigenvalue weighted by Gasteiger charge is -2.16. The van der Waals surface area contributed by atoms with Crippen molar-refractivity contribution in [2.24, 2.45) is 17.4 Å². The first-order chi connectivity index (χ1) is 8.13. The quantitative estimate of drug-likeness (QED) is 0.547. The Labute approximate surface area is 106 Å². The van der Waals surface area contributed by atoms with E-state index in [2.05, 4.69) is 6.92 Å². The van der Waals surface area contributed by atoms with E-state index in [1.807, 2.05) is 6.92 Å². The predicted molar refractivity (Wildman–Crippen MR) is 73.8 cm³/mol. The molecule has 0 rings (SSSR count). The van der Waals surface area contributed by atoms with Gasteiger partial charge >= 0.3 is 0 Å². The van der Waals surface area contributed by atoms with E-state index in [0.29, 0.717) is 6.54 Å². The smallest absolute Gasteiger partial charge is 0.152 e. The van der Waals surface area contributed by atoms with Crippen LogP contribution in [-0.4, -0.2) is 18.4 Å². The predicted octanol–water partition coefficient (Wildman–Crippen LogP) is 2.62. The number of carbonyl (C=O) groups is 1. The molecule has 4 N–H and O–H groups in total. The Bertz CT molecular complexity index is 195. The molecule has 0 bridgehead atoms. The van der Waals surface area contributed by atoms with Crippen LogP contribution in [-0.2, 0) is 4.79 Å². The standard InChI is InChI=1S/C14H30N2O/c1-3-4-5-6-9-12(2)14(17)13(16)10-7-8-11-15/h12-13H,3-11,15-16H2,1-2H3/t12?,13-/m0/s1. The molecule has 0 amide bonds. The summed E-state index contributed by atoms with van der Waals surface area (Å²) in [6.07, 6.45) is 8.59. The molecule has 0 aromatic carbocycles. The van der Waals surface area contributed by atoms with E-state index < -0.39 is 0 Å². The molecule has 1 unspecified atom stereocenters. The van der Waals surface area contributed by atoms with E-state index in [-0.39, 0.29) is 17.7 Å². The maximum Gasteiger partial charge on any atom is 0.152 e. The van der Waals surface area contributed by atoms with Gasteiger partial charge in [-0.3, -0.25) is 4.79 Å². The molecule has 0 aliphatic heterocycles. The van der Waals surface area contributed by atoms with Crippen molar-refractivity contribution in [3.63, 3.8) is 0 Å². The molecular weight excluding hydrogens is 212 g/mol. The van der Waals surface area contributed by atoms with E-state index in [4.69, 9.17) is 11.5 Å². The third kappa shape index (κ3) is 8.33. The third-order valence-corrected chi connectivity index (χ3v) is 3.31. The zero-order valence-corrected chi connectivity index (χ0v) is 11.6. The monoisotopic (exact) mass is 242 g/mol. The molecule has 0 saturated carbocycles. The van der Waals surface area contributed by atoms with Gasteiger partial charge in [0.05, 0.1) is 6.04 Å². The second-order valence-corrected chi connectivity index (χ2v) is 5.04. The molecule has 0 spiro atoms. The molecule has 0 aromatic rings. The lowest BCUT2D eigenvalue weighted by molar-refractivity contribution is -0.124. The van der Waals surface area contributed by atoms with Gasteiger partial charge in [0.1, 0.15) is 0 Å². The van der Waals surface area contributed by atoms with Crippen molar-refractivity contribution in [3.05, 3.63) is 0 Å². The highest BCUT2D eigenvalue weighted by atomic mass is 16.1. The van der Waals surface area contributed by atoms with Crippen molar-refractivity contribution in [1.82, 2.24) is 0 Å². The van der Waals surface area contributed by atoms with Crippen LogP contribution >= 0.6 is 0 Å². The zero-order chi connectivity index (χ0) is 13.1. The summed E-state index contributed by atoms with van der Waals surface area (Å²) in [5.74, 6) is 0.359. The lowest BCUT2D eigenvalue weighted by atomic mass is 9.92. The summed E-state index contributed by atoms with van der Waals surface area (Å²) < 4.78 is 0. The highest BCUT2D eigenvalue weighted by Crippen LogP contribution is 2.14. The number of carbonyl (C=O) groups excluding carboxylic acids is 1. The highest BCUT2D eigenvalue weighted by molar-refractivity contribution is 5.85. The summed E-state index contributed by atoms with van der Waals surface area (Å²) in [7, 11) is 0. The molecule has 3 heteroatoms. The van der Waals surface area contributed by atoms with Crippen LogP contribution in [0.5, 0.6) is 0 Å². The summed E-state index contributed by atoms with van der Waals surface area (Å²) in [5, 5.41) is 0. The molecule has 0 fully saturated rings. The Morgan fingerprint density at radius 2 is 1.71 bits per heavy atom. The van der Waals surface area contributed by atoms with Gasteiger partial charge in [-0.15, -0.1) is 0 Å². The van der Waals surface area contributed by atoms with Crippen molar-refractivity contribution in [3.8, 4) is 0 Å². The van der Waals surface area contributed by atoms with Gasteiger partial charge in [-0.1, -0.05) is 46.0 Å². The highest BCUT2D eigenvalue weighted by Gasteiger charge is 2.19. The van der Waals surface area contributed by atoms with Gasteiger partial charge in [0.25, 0.3) is 0 Å². The first-order valence-corrected chi connectivity index (χ1v) is 7.12. The van der Waals surface area contributed by atoms with Gasteiger partial charge in [0, 0.05) is 5.92 Å². The van der Waals surface area contributed by atoms with Gasteiger partial charge in [-0.2, -0.15) is 0 Å². The lowest BCUT2D eigenvalue weighted by Crippen LogP contribution is -2.34. The fourth-order valence-corrected chi connectivity index (χ4v) is 2.04. The van der Waals surface area contributed by atoms with Crippen LogP contribution in [0.1, 0.15) is 65.2 Å². The Morgan fingerprint density at radius 3 is 2.29 bits per heavy atom. The van der Waals surface area contributed by atoms with E-state index in [1.54, 1.807) is 0 Å². The summed E-state index contributed by atoms with van der Waals surface area (Å²) >= 11 is 0. The maximum atomic E-state index is 11.9. The second-order valence-electron chi connectivity index (χ2n) is 5.04. The normalized spacial score (nSPS) is 14.6. The minimum absolute atomic E-state index is 0.125. The first kappa shape index (κ1) is 16.6. The Kier molecular flexibility index (Phi) is 10.5. The summed E-state index contributed by atoms with van der Waals surface area (Å²) in [6.45, 7) is 4.90. The van der Waals surface area contributed by atoms with Crippen molar-refractivity contribution in [2.45, 2.75) is 71.3 Å². The van der Waals surface area contributed by atoms with Crippen LogP contribution in [0.2, 0.25) is 0 Å². The molecule has 0 aliphatic carbocycles.